The minimum Gasteiger partial charge on any atom is -0.493 e. The molecule has 2 unspecified atom stereocenters. The summed E-state index contributed by atoms with van der Waals surface area (Å²) in [7, 11) is 5.74. The number of ether oxygens (including phenoxy) is 2. The quantitative estimate of drug-likeness (QED) is 0.720. The number of benzene rings is 1. The number of likely N-dealkylation sites (tertiary alicyclic amines) is 1. The topological polar surface area (TPSA) is 42.0 Å². The number of methoxy groups -OCH3 is 1. The van der Waals surface area contributed by atoms with Crippen LogP contribution in [0.3, 0.4) is 0 Å². The lowest BCUT2D eigenvalue weighted by atomic mass is 10.0. The summed E-state index contributed by atoms with van der Waals surface area (Å²) in [6, 6.07) is 5.75. The second-order valence-electron chi connectivity index (χ2n) is 6.37. The van der Waals surface area contributed by atoms with Crippen LogP contribution in [-0.4, -0.2) is 62.7 Å². The summed E-state index contributed by atoms with van der Waals surface area (Å²) in [5.41, 5.74) is 0.632. The van der Waals surface area contributed by atoms with Crippen molar-refractivity contribution in [2.45, 2.75) is 19.4 Å². The smallest absolute Gasteiger partial charge is 0.254 e. The highest BCUT2D eigenvalue weighted by Crippen LogP contribution is 2.30. The second kappa shape index (κ2) is 8.20. The number of carbonyl (C=O) groups is 1. The van der Waals surface area contributed by atoms with Crippen molar-refractivity contribution in [3.05, 3.63) is 36.4 Å². The summed E-state index contributed by atoms with van der Waals surface area (Å²) in [5.74, 6) is 1.75. The van der Waals surface area contributed by atoms with E-state index in [1.807, 2.05) is 4.90 Å². The van der Waals surface area contributed by atoms with Gasteiger partial charge in [-0.05, 0) is 38.2 Å². The minimum absolute atomic E-state index is 0.0476. The van der Waals surface area contributed by atoms with Crippen LogP contribution in [0.2, 0.25) is 0 Å². The van der Waals surface area contributed by atoms with Gasteiger partial charge in [0.05, 0.1) is 7.11 Å². The fourth-order valence-corrected chi connectivity index (χ4v) is 3.26. The molecule has 1 saturated heterocycles. The first-order chi connectivity index (χ1) is 11.5. The van der Waals surface area contributed by atoms with Gasteiger partial charge in [0.25, 0.3) is 5.91 Å². The van der Waals surface area contributed by atoms with Crippen molar-refractivity contribution in [2.75, 3.05) is 40.9 Å². The third-order valence-electron chi connectivity index (χ3n) is 4.65. The van der Waals surface area contributed by atoms with Gasteiger partial charge in [0.15, 0.2) is 11.5 Å². The molecule has 0 bridgehead atoms. The lowest BCUT2D eigenvalue weighted by molar-refractivity contribution is 0.0780. The van der Waals surface area contributed by atoms with E-state index in [1.165, 1.54) is 0 Å². The molecule has 5 heteroatoms. The Bertz CT molecular complexity index is 586. The maximum absolute atomic E-state index is 12.9. The first-order valence-electron chi connectivity index (χ1n) is 8.39. The molecular weight excluding hydrogens is 304 g/mol. The highest BCUT2D eigenvalue weighted by atomic mass is 16.5. The highest BCUT2D eigenvalue weighted by Gasteiger charge is 2.35. The minimum atomic E-state index is 0.0476. The molecule has 0 aromatic heterocycles. The number of likely N-dealkylation sites (N-methyl/N-ethyl adjacent to an activating group) is 1. The molecule has 132 valence electrons. The molecule has 1 aliphatic heterocycles. The molecule has 1 aromatic carbocycles. The standard InChI is InChI=1S/C19H28N2O3/c1-6-10-24-17-9-8-15(11-18(17)23-5)19(22)21-12-14(7-2)16(13-21)20(3)4/h6,8-9,11,14,16H,1,7,10,12-13H2,2-5H3. The number of amides is 1. The zero-order chi connectivity index (χ0) is 17.7. The van der Waals surface area contributed by atoms with Crippen LogP contribution in [0.5, 0.6) is 11.5 Å². The summed E-state index contributed by atoms with van der Waals surface area (Å²) in [6.45, 7) is 7.79. The molecule has 0 radical (unpaired) electrons. The normalized spacial score (nSPS) is 20.3. The van der Waals surface area contributed by atoms with E-state index < -0.39 is 0 Å². The fourth-order valence-electron chi connectivity index (χ4n) is 3.26. The number of carbonyl (C=O) groups excluding carboxylic acids is 1. The molecule has 1 fully saturated rings. The Morgan fingerprint density at radius 1 is 1.38 bits per heavy atom. The van der Waals surface area contributed by atoms with Crippen molar-refractivity contribution >= 4 is 5.91 Å². The lowest BCUT2D eigenvalue weighted by Gasteiger charge is -2.23. The van der Waals surface area contributed by atoms with Gasteiger partial charge in [-0.15, -0.1) is 0 Å². The Hall–Kier alpha value is -2.01. The van der Waals surface area contributed by atoms with Crippen LogP contribution in [0, 0.1) is 5.92 Å². The summed E-state index contributed by atoms with van der Waals surface area (Å²) in [6.07, 6.45) is 2.75. The van der Waals surface area contributed by atoms with Crippen molar-refractivity contribution < 1.29 is 14.3 Å². The number of hydrogen-bond donors (Lipinski definition) is 0. The molecule has 1 amide bonds. The molecule has 1 aliphatic rings. The van der Waals surface area contributed by atoms with Crippen LogP contribution in [-0.2, 0) is 0 Å². The van der Waals surface area contributed by atoms with Gasteiger partial charge in [0.2, 0.25) is 0 Å². The molecule has 0 aliphatic carbocycles. The molecule has 2 rings (SSSR count). The Labute approximate surface area is 144 Å². The van der Waals surface area contributed by atoms with E-state index in [0.29, 0.717) is 35.6 Å². The predicted octanol–water partition coefficient (Wildman–Crippen LogP) is 2.67. The molecule has 1 heterocycles. The van der Waals surface area contributed by atoms with Crippen LogP contribution in [0.15, 0.2) is 30.9 Å². The van der Waals surface area contributed by atoms with Gasteiger partial charge in [-0.1, -0.05) is 26.0 Å². The maximum Gasteiger partial charge on any atom is 0.254 e. The summed E-state index contributed by atoms with van der Waals surface area (Å²) < 4.78 is 10.9. The third kappa shape index (κ3) is 3.90. The number of rotatable bonds is 7. The van der Waals surface area contributed by atoms with E-state index in [-0.39, 0.29) is 5.91 Å². The molecule has 5 nitrogen and oxygen atoms in total. The largest absolute Gasteiger partial charge is 0.493 e. The Kier molecular flexibility index (Phi) is 6.26. The zero-order valence-corrected chi connectivity index (χ0v) is 15.1. The molecule has 24 heavy (non-hydrogen) atoms. The summed E-state index contributed by atoms with van der Waals surface area (Å²) in [4.78, 5) is 17.0. The van der Waals surface area contributed by atoms with Crippen LogP contribution in [0.4, 0.5) is 0 Å². The Morgan fingerprint density at radius 2 is 2.12 bits per heavy atom. The lowest BCUT2D eigenvalue weighted by Crippen LogP contribution is -2.36. The van der Waals surface area contributed by atoms with Gasteiger partial charge in [-0.2, -0.15) is 0 Å². The average Bonchev–Trinajstić information content (AvgIpc) is 3.03. The van der Waals surface area contributed by atoms with Gasteiger partial charge in [-0.25, -0.2) is 0 Å². The molecule has 0 N–H and O–H groups in total. The average molecular weight is 332 g/mol. The van der Waals surface area contributed by atoms with Crippen molar-refractivity contribution in [1.82, 2.24) is 9.80 Å². The Morgan fingerprint density at radius 3 is 2.67 bits per heavy atom. The van der Waals surface area contributed by atoms with E-state index in [1.54, 1.807) is 31.4 Å². The van der Waals surface area contributed by atoms with E-state index >= 15 is 0 Å². The first kappa shape index (κ1) is 18.3. The third-order valence-corrected chi connectivity index (χ3v) is 4.65. The van der Waals surface area contributed by atoms with Gasteiger partial charge >= 0.3 is 0 Å². The van der Waals surface area contributed by atoms with Gasteiger partial charge in [-0.3, -0.25) is 4.79 Å². The first-order valence-corrected chi connectivity index (χ1v) is 8.39. The van der Waals surface area contributed by atoms with Gasteiger partial charge in [0, 0.05) is 24.7 Å². The van der Waals surface area contributed by atoms with Gasteiger partial charge in [0.1, 0.15) is 6.61 Å². The van der Waals surface area contributed by atoms with Crippen LogP contribution in [0.25, 0.3) is 0 Å². The molecule has 1 aromatic rings. The van der Waals surface area contributed by atoms with Crippen molar-refractivity contribution in [3.8, 4) is 11.5 Å². The molecule has 0 saturated carbocycles. The van der Waals surface area contributed by atoms with E-state index in [0.717, 1.165) is 19.5 Å². The number of nitrogens with zero attached hydrogens (tertiary/aromatic N) is 2. The molecule has 2 atom stereocenters. The van der Waals surface area contributed by atoms with Crippen molar-refractivity contribution in [1.29, 1.82) is 0 Å². The summed E-state index contributed by atoms with van der Waals surface area (Å²) in [5, 5.41) is 0. The number of hydrogen-bond acceptors (Lipinski definition) is 4. The summed E-state index contributed by atoms with van der Waals surface area (Å²) >= 11 is 0. The van der Waals surface area contributed by atoms with Crippen LogP contribution in [0.1, 0.15) is 23.7 Å². The molecule has 0 spiro atoms. The van der Waals surface area contributed by atoms with Crippen LogP contribution < -0.4 is 9.47 Å². The van der Waals surface area contributed by atoms with Crippen LogP contribution >= 0.6 is 0 Å². The zero-order valence-electron chi connectivity index (χ0n) is 15.1. The monoisotopic (exact) mass is 332 g/mol. The maximum atomic E-state index is 12.9. The fraction of sp³-hybridized carbons (Fsp3) is 0.526. The van der Waals surface area contributed by atoms with E-state index in [4.69, 9.17) is 9.47 Å². The SMILES string of the molecule is C=CCOc1ccc(C(=O)N2CC(CC)C(N(C)C)C2)cc1OC. The predicted molar refractivity (Wildman–Crippen MR) is 95.8 cm³/mol. The van der Waals surface area contributed by atoms with E-state index in [2.05, 4.69) is 32.5 Å². The second-order valence-corrected chi connectivity index (χ2v) is 6.37. The van der Waals surface area contributed by atoms with Crippen molar-refractivity contribution in [2.24, 2.45) is 5.92 Å². The Balaban J connectivity index is 2.16. The highest BCUT2D eigenvalue weighted by molar-refractivity contribution is 5.95. The van der Waals surface area contributed by atoms with E-state index in [9.17, 15) is 4.79 Å². The van der Waals surface area contributed by atoms with Gasteiger partial charge < -0.3 is 19.3 Å². The molecular formula is C19H28N2O3. The van der Waals surface area contributed by atoms with Crippen molar-refractivity contribution in [3.63, 3.8) is 0 Å².